The van der Waals surface area contributed by atoms with Crippen molar-refractivity contribution in [2.75, 3.05) is 13.7 Å². The smallest absolute Gasteiger partial charge is 0.125 e. The molecule has 21 heavy (non-hydrogen) atoms. The summed E-state index contributed by atoms with van der Waals surface area (Å²) < 4.78 is 11.2. The van der Waals surface area contributed by atoms with Gasteiger partial charge in [-0.3, -0.25) is 0 Å². The van der Waals surface area contributed by atoms with Crippen LogP contribution in [0.15, 0.2) is 42.5 Å². The van der Waals surface area contributed by atoms with Gasteiger partial charge in [-0.05, 0) is 48.5 Å². The monoisotopic (exact) mass is 305 g/mol. The average Bonchev–Trinajstić information content (AvgIpc) is 2.52. The van der Waals surface area contributed by atoms with E-state index in [1.54, 1.807) is 7.11 Å². The Balaban J connectivity index is 2.07. The normalized spacial score (nSPS) is 10.4. The molecule has 0 aliphatic rings. The topological polar surface area (TPSA) is 30.5 Å². The summed E-state index contributed by atoms with van der Waals surface area (Å²) in [6.07, 6.45) is 0. The number of methoxy groups -OCH3 is 1. The molecule has 0 bridgehead atoms. The van der Waals surface area contributed by atoms with Crippen LogP contribution in [0.25, 0.3) is 0 Å². The van der Waals surface area contributed by atoms with Crippen molar-refractivity contribution in [3.63, 3.8) is 0 Å². The summed E-state index contributed by atoms with van der Waals surface area (Å²) in [5.74, 6) is 1.63. The van der Waals surface area contributed by atoms with Crippen molar-refractivity contribution < 1.29 is 9.47 Å². The van der Waals surface area contributed by atoms with Crippen LogP contribution in [0.4, 0.5) is 0 Å². The summed E-state index contributed by atoms with van der Waals surface area (Å²) in [6.45, 7) is 4.34. The Morgan fingerprint density at radius 3 is 2.52 bits per heavy atom. The molecule has 4 heteroatoms. The van der Waals surface area contributed by atoms with Crippen molar-refractivity contribution in [1.29, 1.82) is 0 Å². The maximum Gasteiger partial charge on any atom is 0.125 e. The number of ether oxygens (including phenoxy) is 2. The number of halogens is 1. The van der Waals surface area contributed by atoms with Crippen molar-refractivity contribution in [3.8, 4) is 11.5 Å². The first-order valence-electron chi connectivity index (χ1n) is 6.97. The van der Waals surface area contributed by atoms with E-state index in [0.29, 0.717) is 11.6 Å². The first-order chi connectivity index (χ1) is 10.2. The summed E-state index contributed by atoms with van der Waals surface area (Å²) >= 11 is 5.86. The number of benzene rings is 2. The molecule has 2 aromatic carbocycles. The summed E-state index contributed by atoms with van der Waals surface area (Å²) in [6, 6.07) is 13.5. The van der Waals surface area contributed by atoms with Crippen molar-refractivity contribution in [1.82, 2.24) is 5.32 Å². The highest BCUT2D eigenvalue weighted by Crippen LogP contribution is 2.23. The molecule has 0 radical (unpaired) electrons. The van der Waals surface area contributed by atoms with Gasteiger partial charge in [0.1, 0.15) is 18.1 Å². The van der Waals surface area contributed by atoms with Crippen molar-refractivity contribution in [2.45, 2.75) is 20.1 Å². The molecule has 0 unspecified atom stereocenters. The van der Waals surface area contributed by atoms with E-state index in [9.17, 15) is 0 Å². The van der Waals surface area contributed by atoms with Gasteiger partial charge in [-0.15, -0.1) is 0 Å². The van der Waals surface area contributed by atoms with Gasteiger partial charge in [-0.1, -0.05) is 24.6 Å². The zero-order valence-electron chi connectivity index (χ0n) is 12.4. The number of hydrogen-bond acceptors (Lipinski definition) is 3. The molecule has 0 fully saturated rings. The van der Waals surface area contributed by atoms with Gasteiger partial charge in [-0.2, -0.15) is 0 Å². The maximum absolute atomic E-state index is 5.86. The van der Waals surface area contributed by atoms with Crippen molar-refractivity contribution in [3.05, 3.63) is 58.6 Å². The van der Waals surface area contributed by atoms with Crippen LogP contribution in [0, 0.1) is 0 Å². The predicted octanol–water partition coefficient (Wildman–Crippen LogP) is 4.04. The van der Waals surface area contributed by atoms with Crippen LogP contribution in [0.5, 0.6) is 11.5 Å². The molecule has 1 N–H and O–H groups in total. The maximum atomic E-state index is 5.86. The third kappa shape index (κ3) is 4.66. The third-order valence-electron chi connectivity index (χ3n) is 3.13. The van der Waals surface area contributed by atoms with Gasteiger partial charge in [-0.25, -0.2) is 0 Å². The van der Waals surface area contributed by atoms with Gasteiger partial charge in [0.05, 0.1) is 7.11 Å². The van der Waals surface area contributed by atoms with E-state index in [1.165, 1.54) is 5.56 Å². The molecule has 0 saturated heterocycles. The van der Waals surface area contributed by atoms with E-state index in [0.717, 1.165) is 30.2 Å². The highest BCUT2D eigenvalue weighted by atomic mass is 35.5. The van der Waals surface area contributed by atoms with Gasteiger partial charge in [0.15, 0.2) is 0 Å². The number of hydrogen-bond donors (Lipinski definition) is 1. The molecule has 2 aromatic rings. The third-order valence-corrected chi connectivity index (χ3v) is 3.38. The van der Waals surface area contributed by atoms with Crippen LogP contribution in [-0.2, 0) is 13.2 Å². The Morgan fingerprint density at radius 1 is 1.10 bits per heavy atom. The molecule has 112 valence electrons. The summed E-state index contributed by atoms with van der Waals surface area (Å²) in [5, 5.41) is 4.01. The molecule has 0 aliphatic heterocycles. The summed E-state index contributed by atoms with van der Waals surface area (Å²) in [5.41, 5.74) is 2.25. The van der Waals surface area contributed by atoms with Gasteiger partial charge < -0.3 is 14.8 Å². The summed E-state index contributed by atoms with van der Waals surface area (Å²) in [7, 11) is 1.67. The van der Waals surface area contributed by atoms with Crippen molar-refractivity contribution in [2.24, 2.45) is 0 Å². The molecule has 2 rings (SSSR count). The second-order valence-corrected chi connectivity index (χ2v) is 5.11. The van der Waals surface area contributed by atoms with E-state index in [2.05, 4.69) is 24.4 Å². The Labute approximate surface area is 130 Å². The van der Waals surface area contributed by atoms with Gasteiger partial charge in [0.2, 0.25) is 0 Å². The van der Waals surface area contributed by atoms with Crippen LogP contribution < -0.4 is 14.8 Å². The first-order valence-corrected chi connectivity index (χ1v) is 7.35. The van der Waals surface area contributed by atoms with Crippen LogP contribution in [0.2, 0.25) is 5.02 Å². The Morgan fingerprint density at radius 2 is 1.86 bits per heavy atom. The molecule has 0 amide bonds. The van der Waals surface area contributed by atoms with E-state index in [1.807, 2.05) is 30.3 Å². The van der Waals surface area contributed by atoms with Gasteiger partial charge in [0.25, 0.3) is 0 Å². The van der Waals surface area contributed by atoms with E-state index in [4.69, 9.17) is 21.1 Å². The van der Waals surface area contributed by atoms with Crippen LogP contribution in [0.1, 0.15) is 18.1 Å². The molecule has 0 aliphatic carbocycles. The molecule has 0 aromatic heterocycles. The minimum absolute atomic E-state index is 0.463. The van der Waals surface area contributed by atoms with Crippen molar-refractivity contribution >= 4 is 11.6 Å². The highest BCUT2D eigenvalue weighted by molar-refractivity contribution is 6.30. The fraction of sp³-hybridized carbons (Fsp3) is 0.294. The standard InChI is InChI=1S/C17H20ClNO2/c1-3-19-11-13-4-9-17(20-2)14(10-13)12-21-16-7-5-15(18)6-8-16/h4-10,19H,3,11-12H2,1-2H3. The van der Waals surface area contributed by atoms with Gasteiger partial charge >= 0.3 is 0 Å². The fourth-order valence-corrected chi connectivity index (χ4v) is 2.14. The Kier molecular flexibility index (Phi) is 5.90. The van der Waals surface area contributed by atoms with Gasteiger partial charge in [0, 0.05) is 17.1 Å². The van der Waals surface area contributed by atoms with Crippen LogP contribution in [-0.4, -0.2) is 13.7 Å². The SMILES string of the molecule is CCNCc1ccc(OC)c(COc2ccc(Cl)cc2)c1. The zero-order valence-corrected chi connectivity index (χ0v) is 13.1. The second kappa shape index (κ2) is 7.91. The van der Waals surface area contributed by atoms with E-state index >= 15 is 0 Å². The first kappa shape index (κ1) is 15.7. The molecular weight excluding hydrogens is 286 g/mol. The average molecular weight is 306 g/mol. The number of nitrogens with one attached hydrogen (secondary N) is 1. The van der Waals surface area contributed by atoms with E-state index in [-0.39, 0.29) is 0 Å². The lowest BCUT2D eigenvalue weighted by molar-refractivity contribution is 0.296. The lowest BCUT2D eigenvalue weighted by atomic mass is 10.1. The fourth-order valence-electron chi connectivity index (χ4n) is 2.02. The van der Waals surface area contributed by atoms with Crippen LogP contribution >= 0.6 is 11.6 Å². The molecule has 0 atom stereocenters. The minimum Gasteiger partial charge on any atom is -0.496 e. The Hall–Kier alpha value is -1.71. The lowest BCUT2D eigenvalue weighted by Crippen LogP contribution is -2.12. The largest absolute Gasteiger partial charge is 0.496 e. The Bertz CT molecular complexity index is 570. The lowest BCUT2D eigenvalue weighted by Gasteiger charge is -2.12. The highest BCUT2D eigenvalue weighted by Gasteiger charge is 2.06. The molecule has 0 saturated carbocycles. The zero-order chi connectivity index (χ0) is 15.1. The molecule has 0 heterocycles. The second-order valence-electron chi connectivity index (χ2n) is 4.67. The molecular formula is C17H20ClNO2. The predicted molar refractivity (Wildman–Crippen MR) is 86.2 cm³/mol. The number of rotatable bonds is 7. The van der Waals surface area contributed by atoms with Crippen LogP contribution in [0.3, 0.4) is 0 Å². The molecule has 0 spiro atoms. The quantitative estimate of drug-likeness (QED) is 0.837. The molecule has 3 nitrogen and oxygen atoms in total. The summed E-state index contributed by atoms with van der Waals surface area (Å²) in [4.78, 5) is 0. The van der Waals surface area contributed by atoms with E-state index < -0.39 is 0 Å². The minimum atomic E-state index is 0.463.